The molecule has 0 aliphatic carbocycles. The van der Waals surface area contributed by atoms with E-state index in [4.69, 9.17) is 4.74 Å². The maximum Gasteiger partial charge on any atom is 0.123 e. The first-order valence-electron chi connectivity index (χ1n) is 7.87. The van der Waals surface area contributed by atoms with Crippen LogP contribution in [0.1, 0.15) is 32.3 Å². The van der Waals surface area contributed by atoms with Crippen LogP contribution in [0.4, 0.5) is 0 Å². The zero-order chi connectivity index (χ0) is 15.2. The van der Waals surface area contributed by atoms with Crippen LogP contribution in [0.15, 0.2) is 22.7 Å². The fourth-order valence-electron chi connectivity index (χ4n) is 2.94. The molecule has 1 N–H and O–H groups in total. The highest BCUT2D eigenvalue weighted by atomic mass is 79.9. The van der Waals surface area contributed by atoms with Gasteiger partial charge in [0.2, 0.25) is 0 Å². The van der Waals surface area contributed by atoms with E-state index in [0.29, 0.717) is 6.04 Å². The molecule has 0 saturated carbocycles. The molecule has 0 aromatic heterocycles. The average Bonchev–Trinajstić information content (AvgIpc) is 2.48. The smallest absolute Gasteiger partial charge is 0.123 e. The average molecular weight is 355 g/mol. The molecule has 118 valence electrons. The lowest BCUT2D eigenvalue weighted by molar-refractivity contribution is 0.160. The molecule has 0 atom stereocenters. The second kappa shape index (κ2) is 8.16. The highest BCUT2D eigenvalue weighted by Crippen LogP contribution is 2.26. The van der Waals surface area contributed by atoms with Crippen LogP contribution in [0, 0.1) is 5.92 Å². The Bertz CT molecular complexity index is 444. The van der Waals surface area contributed by atoms with Gasteiger partial charge in [0.1, 0.15) is 5.75 Å². The van der Waals surface area contributed by atoms with Crippen molar-refractivity contribution in [3.05, 3.63) is 28.2 Å². The molecule has 0 spiro atoms. The van der Waals surface area contributed by atoms with Gasteiger partial charge in [-0.1, -0.05) is 15.9 Å². The first-order chi connectivity index (χ1) is 10.1. The monoisotopic (exact) mass is 354 g/mol. The number of piperidine rings is 1. The van der Waals surface area contributed by atoms with Crippen molar-refractivity contribution in [1.82, 2.24) is 10.2 Å². The number of hydrogen-bond acceptors (Lipinski definition) is 3. The van der Waals surface area contributed by atoms with Gasteiger partial charge in [-0.3, -0.25) is 4.90 Å². The van der Waals surface area contributed by atoms with Crippen LogP contribution in [-0.4, -0.2) is 37.7 Å². The van der Waals surface area contributed by atoms with Crippen molar-refractivity contribution < 1.29 is 4.74 Å². The normalized spacial score (nSPS) is 16.7. The van der Waals surface area contributed by atoms with Crippen LogP contribution < -0.4 is 10.1 Å². The Morgan fingerprint density at radius 3 is 2.67 bits per heavy atom. The van der Waals surface area contributed by atoms with Crippen LogP contribution >= 0.6 is 15.9 Å². The summed E-state index contributed by atoms with van der Waals surface area (Å²) >= 11 is 3.57. The van der Waals surface area contributed by atoms with E-state index in [1.807, 2.05) is 12.1 Å². The van der Waals surface area contributed by atoms with Gasteiger partial charge in [0.25, 0.3) is 0 Å². The van der Waals surface area contributed by atoms with Crippen LogP contribution in [0.3, 0.4) is 0 Å². The molecule has 1 aliphatic heterocycles. The lowest BCUT2D eigenvalue weighted by Crippen LogP contribution is -2.39. The lowest BCUT2D eigenvalue weighted by atomic mass is 9.96. The van der Waals surface area contributed by atoms with E-state index >= 15 is 0 Å². The van der Waals surface area contributed by atoms with E-state index in [9.17, 15) is 0 Å². The van der Waals surface area contributed by atoms with Crippen LogP contribution in [0.25, 0.3) is 0 Å². The summed E-state index contributed by atoms with van der Waals surface area (Å²) < 4.78 is 6.63. The minimum atomic E-state index is 0.545. The Kier molecular flexibility index (Phi) is 6.52. The Morgan fingerprint density at radius 1 is 1.33 bits per heavy atom. The minimum absolute atomic E-state index is 0.545. The molecule has 0 unspecified atom stereocenters. The molecule has 2 rings (SSSR count). The summed E-state index contributed by atoms with van der Waals surface area (Å²) in [6, 6.07) is 6.80. The summed E-state index contributed by atoms with van der Waals surface area (Å²) in [6.45, 7) is 9.02. The van der Waals surface area contributed by atoms with Gasteiger partial charge in [0.05, 0.1) is 7.11 Å². The third-order valence-corrected chi connectivity index (χ3v) is 4.79. The zero-order valence-electron chi connectivity index (χ0n) is 13.4. The molecule has 0 bridgehead atoms. The molecule has 21 heavy (non-hydrogen) atoms. The predicted molar refractivity (Wildman–Crippen MR) is 91.8 cm³/mol. The van der Waals surface area contributed by atoms with Crippen molar-refractivity contribution in [2.75, 3.05) is 26.7 Å². The van der Waals surface area contributed by atoms with E-state index < -0.39 is 0 Å². The van der Waals surface area contributed by atoms with Gasteiger partial charge < -0.3 is 10.1 Å². The molecular weight excluding hydrogens is 328 g/mol. The summed E-state index contributed by atoms with van der Waals surface area (Å²) in [4.78, 5) is 2.57. The van der Waals surface area contributed by atoms with Gasteiger partial charge in [-0.15, -0.1) is 0 Å². The SMILES string of the molecule is COc1ccc(Br)cc1CN(CC1CCNCC1)C(C)C. The van der Waals surface area contributed by atoms with E-state index in [1.165, 1.54) is 24.9 Å². The van der Waals surface area contributed by atoms with Crippen molar-refractivity contribution in [2.24, 2.45) is 5.92 Å². The van der Waals surface area contributed by atoms with Gasteiger partial charge in [0.15, 0.2) is 0 Å². The fraction of sp³-hybridized carbons (Fsp3) is 0.647. The van der Waals surface area contributed by atoms with Crippen molar-refractivity contribution in [2.45, 2.75) is 39.3 Å². The first kappa shape index (κ1) is 16.8. The van der Waals surface area contributed by atoms with Gasteiger partial charge in [-0.05, 0) is 63.9 Å². The number of nitrogens with one attached hydrogen (secondary N) is 1. The van der Waals surface area contributed by atoms with Crippen molar-refractivity contribution >= 4 is 15.9 Å². The van der Waals surface area contributed by atoms with Gasteiger partial charge >= 0.3 is 0 Å². The lowest BCUT2D eigenvalue weighted by Gasteiger charge is -2.33. The molecule has 1 aromatic rings. The fourth-order valence-corrected chi connectivity index (χ4v) is 3.35. The second-order valence-corrected chi connectivity index (χ2v) is 7.09. The molecule has 1 aliphatic rings. The number of rotatable bonds is 6. The topological polar surface area (TPSA) is 24.5 Å². The summed E-state index contributed by atoms with van der Waals surface area (Å²) in [7, 11) is 1.75. The van der Waals surface area contributed by atoms with E-state index in [2.05, 4.69) is 46.1 Å². The third-order valence-electron chi connectivity index (χ3n) is 4.30. The summed E-state index contributed by atoms with van der Waals surface area (Å²) in [6.07, 6.45) is 2.58. The Hall–Kier alpha value is -0.580. The second-order valence-electron chi connectivity index (χ2n) is 6.17. The van der Waals surface area contributed by atoms with Crippen LogP contribution in [0.2, 0.25) is 0 Å². The van der Waals surface area contributed by atoms with Crippen molar-refractivity contribution in [3.8, 4) is 5.75 Å². The van der Waals surface area contributed by atoms with E-state index in [1.54, 1.807) is 7.11 Å². The van der Waals surface area contributed by atoms with Gasteiger partial charge in [-0.2, -0.15) is 0 Å². The molecular formula is C17H27BrN2O. The number of nitrogens with zero attached hydrogens (tertiary/aromatic N) is 1. The minimum Gasteiger partial charge on any atom is -0.496 e. The Morgan fingerprint density at radius 2 is 2.05 bits per heavy atom. The van der Waals surface area contributed by atoms with Crippen molar-refractivity contribution in [3.63, 3.8) is 0 Å². The third kappa shape index (κ3) is 4.97. The maximum atomic E-state index is 5.51. The molecule has 1 fully saturated rings. The van der Waals surface area contributed by atoms with Gasteiger partial charge in [0, 0.05) is 29.2 Å². The summed E-state index contributed by atoms with van der Waals surface area (Å²) in [5.41, 5.74) is 1.26. The first-order valence-corrected chi connectivity index (χ1v) is 8.66. The summed E-state index contributed by atoms with van der Waals surface area (Å²) in [5, 5.41) is 3.45. The Labute approximate surface area is 137 Å². The molecule has 0 amide bonds. The molecule has 1 saturated heterocycles. The molecule has 4 heteroatoms. The van der Waals surface area contributed by atoms with E-state index in [-0.39, 0.29) is 0 Å². The number of ether oxygens (including phenoxy) is 1. The molecule has 3 nitrogen and oxygen atoms in total. The number of hydrogen-bond donors (Lipinski definition) is 1. The van der Waals surface area contributed by atoms with Crippen LogP contribution in [0.5, 0.6) is 5.75 Å². The van der Waals surface area contributed by atoms with Crippen LogP contribution in [-0.2, 0) is 6.54 Å². The summed E-state index contributed by atoms with van der Waals surface area (Å²) in [5.74, 6) is 1.79. The quantitative estimate of drug-likeness (QED) is 0.843. The standard InChI is InChI=1S/C17H27BrN2O/c1-13(2)20(11-14-6-8-19-9-7-14)12-15-10-16(18)4-5-17(15)21-3/h4-5,10,13-14,19H,6-9,11-12H2,1-3H3. The molecule has 1 heterocycles. The highest BCUT2D eigenvalue weighted by Gasteiger charge is 2.20. The highest BCUT2D eigenvalue weighted by molar-refractivity contribution is 9.10. The maximum absolute atomic E-state index is 5.51. The van der Waals surface area contributed by atoms with Crippen molar-refractivity contribution in [1.29, 1.82) is 0 Å². The largest absolute Gasteiger partial charge is 0.496 e. The number of halogens is 1. The van der Waals surface area contributed by atoms with E-state index in [0.717, 1.165) is 35.8 Å². The predicted octanol–water partition coefficient (Wildman–Crippen LogP) is 3.67. The number of benzene rings is 1. The number of methoxy groups -OCH3 is 1. The molecule has 1 aromatic carbocycles. The zero-order valence-corrected chi connectivity index (χ0v) is 14.9. The molecule has 0 radical (unpaired) electrons. The van der Waals surface area contributed by atoms with Gasteiger partial charge in [-0.25, -0.2) is 0 Å². The Balaban J connectivity index is 2.06.